The van der Waals surface area contributed by atoms with Gasteiger partial charge in [0.1, 0.15) is 23.1 Å². The molecule has 1 aromatic heterocycles. The number of rotatable bonds is 16. The summed E-state index contributed by atoms with van der Waals surface area (Å²) >= 11 is 7.78. The van der Waals surface area contributed by atoms with Gasteiger partial charge in [0.05, 0.1) is 32.1 Å². The average molecular weight is 776 g/mol. The van der Waals surface area contributed by atoms with Gasteiger partial charge in [0.25, 0.3) is 0 Å². The maximum absolute atomic E-state index is 12.5. The molecule has 1 unspecified atom stereocenters. The molecule has 12 heteroatoms. The van der Waals surface area contributed by atoms with Gasteiger partial charge in [-0.1, -0.05) is 35.9 Å². The lowest BCUT2D eigenvalue weighted by Crippen LogP contribution is -2.27. The Bertz CT molecular complexity index is 1960. The summed E-state index contributed by atoms with van der Waals surface area (Å²) in [4.78, 5) is 34.5. The highest BCUT2D eigenvalue weighted by Crippen LogP contribution is 2.26. The fourth-order valence-electron chi connectivity index (χ4n) is 5.35. The van der Waals surface area contributed by atoms with E-state index in [1.54, 1.807) is 106 Å². The van der Waals surface area contributed by atoms with Crippen molar-refractivity contribution in [3.8, 4) is 17.2 Å². The molecule has 1 atom stereocenters. The first-order valence-corrected chi connectivity index (χ1v) is 19.8. The van der Waals surface area contributed by atoms with Gasteiger partial charge < -0.3 is 19.1 Å². The van der Waals surface area contributed by atoms with Crippen molar-refractivity contribution < 1.29 is 28.0 Å². The number of benzene rings is 4. The van der Waals surface area contributed by atoms with E-state index in [4.69, 9.17) is 25.8 Å². The number of pyridine rings is 1. The van der Waals surface area contributed by atoms with Crippen molar-refractivity contribution in [2.24, 2.45) is 0 Å². The molecule has 53 heavy (non-hydrogen) atoms. The van der Waals surface area contributed by atoms with Crippen molar-refractivity contribution in [3.63, 3.8) is 0 Å². The minimum absolute atomic E-state index is 0.0104. The van der Waals surface area contributed by atoms with Gasteiger partial charge in [-0.25, -0.2) is 4.98 Å². The molecule has 0 aliphatic rings. The van der Waals surface area contributed by atoms with E-state index in [1.807, 2.05) is 54.6 Å². The maximum Gasteiger partial charge on any atom is 0.227 e. The van der Waals surface area contributed by atoms with E-state index in [0.29, 0.717) is 42.3 Å². The number of methoxy groups -OCH3 is 3. The largest absolute Gasteiger partial charge is 0.497 e. The van der Waals surface area contributed by atoms with Crippen LogP contribution in [0.3, 0.4) is 0 Å². The van der Waals surface area contributed by atoms with Crippen molar-refractivity contribution in [3.05, 3.63) is 114 Å². The van der Waals surface area contributed by atoms with Gasteiger partial charge in [-0.2, -0.15) is 0 Å². The zero-order chi connectivity index (χ0) is 38.2. The van der Waals surface area contributed by atoms with Crippen molar-refractivity contribution >= 4 is 62.6 Å². The molecule has 0 N–H and O–H groups in total. The van der Waals surface area contributed by atoms with Gasteiger partial charge >= 0.3 is 0 Å². The minimum Gasteiger partial charge on any atom is -0.497 e. The molecule has 2 amide bonds. The Morgan fingerprint density at radius 3 is 2.13 bits per heavy atom. The normalized spacial score (nSPS) is 11.2. The number of hydrogen-bond acceptors (Lipinski definition) is 8. The average Bonchev–Trinajstić information content (AvgIpc) is 3.19. The lowest BCUT2D eigenvalue weighted by atomic mass is 10.1. The topological polar surface area (TPSA) is 98.3 Å². The lowest BCUT2D eigenvalue weighted by molar-refractivity contribution is -0.130. The van der Waals surface area contributed by atoms with Crippen LogP contribution in [0.4, 0.5) is 5.82 Å². The molecule has 0 aliphatic heterocycles. The number of carbonyl (C=O) groups excluding carboxylic acids is 2. The van der Waals surface area contributed by atoms with Crippen LogP contribution in [0.1, 0.15) is 31.2 Å². The van der Waals surface area contributed by atoms with Gasteiger partial charge in [0.15, 0.2) is 0 Å². The summed E-state index contributed by atoms with van der Waals surface area (Å²) in [6.45, 7) is 0.407. The van der Waals surface area contributed by atoms with E-state index >= 15 is 0 Å². The quantitative estimate of drug-likeness (QED) is 0.0726. The number of hydrogen-bond donors (Lipinski definition) is 0. The van der Waals surface area contributed by atoms with E-state index in [-0.39, 0.29) is 11.8 Å². The first kappa shape index (κ1) is 41.2. The number of carbonyl (C=O) groups is 2. The summed E-state index contributed by atoms with van der Waals surface area (Å²) in [5.41, 5.74) is 0.850. The molecular weight excluding hydrogens is 730 g/mol. The highest BCUT2D eigenvalue weighted by molar-refractivity contribution is 7.99. The third kappa shape index (κ3) is 12.5. The van der Waals surface area contributed by atoms with Gasteiger partial charge in [-0.05, 0) is 96.8 Å². The molecule has 0 saturated carbocycles. The molecule has 0 radical (unpaired) electrons. The summed E-state index contributed by atoms with van der Waals surface area (Å²) in [5, 5.41) is 2.69. The van der Waals surface area contributed by atoms with Gasteiger partial charge in [0, 0.05) is 71.2 Å². The zero-order valence-electron chi connectivity index (χ0n) is 30.8. The second-order valence-corrected chi connectivity index (χ2v) is 15.1. The molecule has 0 fully saturated rings. The van der Waals surface area contributed by atoms with Crippen LogP contribution >= 0.6 is 23.4 Å². The number of halogens is 1. The van der Waals surface area contributed by atoms with Crippen LogP contribution in [-0.2, 0) is 26.9 Å². The van der Waals surface area contributed by atoms with Crippen LogP contribution in [0.25, 0.3) is 10.8 Å². The number of aromatic nitrogens is 1. The second-order valence-electron chi connectivity index (χ2n) is 12.0. The standard InChI is InChI=1S/C21H22N2O2S.C20H24ClNO4S/c1-23(21-19-7-4-3-6-16(19)13-14-22-21)20(24)8-5-15-26-18-11-9-17(25-2)10-12-18;1-22(14-15-13-16(21)6-11-19(15)26-3)20(23)5-4-12-27(24)18-9-7-17(25-2)8-10-18/h3-4,6-7,9-14H,5,8,15H2,1-2H3;6-11,13H,4-5,12,14H2,1-3H3. The van der Waals surface area contributed by atoms with Crippen LogP contribution < -0.4 is 19.1 Å². The highest BCUT2D eigenvalue weighted by Gasteiger charge is 2.15. The molecule has 280 valence electrons. The molecule has 0 spiro atoms. The van der Waals surface area contributed by atoms with Crippen LogP contribution in [0.5, 0.6) is 17.2 Å². The smallest absolute Gasteiger partial charge is 0.227 e. The number of nitrogens with zero attached hydrogens (tertiary/aromatic N) is 3. The van der Waals surface area contributed by atoms with Crippen LogP contribution in [0, 0.1) is 0 Å². The summed E-state index contributed by atoms with van der Waals surface area (Å²) in [5.74, 6) is 4.41. The monoisotopic (exact) mass is 775 g/mol. The van der Waals surface area contributed by atoms with Crippen LogP contribution in [-0.4, -0.2) is 72.8 Å². The summed E-state index contributed by atoms with van der Waals surface area (Å²) < 4.78 is 27.9. The number of fused-ring (bicyclic) bond motifs is 1. The lowest BCUT2D eigenvalue weighted by Gasteiger charge is -2.19. The summed E-state index contributed by atoms with van der Waals surface area (Å²) in [7, 11) is 7.24. The SMILES string of the molecule is COc1ccc(S(=O)CCCC(=O)N(C)Cc2cc(Cl)ccc2OC)cc1.COc1ccc(SCCCC(=O)N(C)c2nccc3ccccc23)cc1. The molecule has 0 aliphatic carbocycles. The first-order valence-electron chi connectivity index (χ1n) is 17.1. The van der Waals surface area contributed by atoms with E-state index in [9.17, 15) is 13.8 Å². The van der Waals surface area contributed by atoms with Crippen LogP contribution in [0.2, 0.25) is 5.02 Å². The third-order valence-corrected chi connectivity index (χ3v) is 11.1. The Labute approximate surface area is 324 Å². The fraction of sp³-hybridized carbons (Fsp3) is 0.293. The van der Waals surface area contributed by atoms with Gasteiger partial charge in [0.2, 0.25) is 11.8 Å². The number of amides is 2. The molecule has 4 aromatic carbocycles. The summed E-state index contributed by atoms with van der Waals surface area (Å²) in [6.07, 6.45) is 3.96. The summed E-state index contributed by atoms with van der Waals surface area (Å²) in [6, 6.07) is 30.4. The van der Waals surface area contributed by atoms with Crippen molar-refractivity contribution in [2.75, 3.05) is 51.8 Å². The van der Waals surface area contributed by atoms with Crippen molar-refractivity contribution in [2.45, 2.75) is 42.0 Å². The zero-order valence-corrected chi connectivity index (χ0v) is 33.1. The Morgan fingerprint density at radius 2 is 1.45 bits per heavy atom. The molecule has 0 bridgehead atoms. The van der Waals surface area contributed by atoms with E-state index in [1.165, 1.54) is 4.90 Å². The molecule has 0 saturated heterocycles. The third-order valence-electron chi connectivity index (χ3n) is 8.33. The Kier molecular flexibility index (Phi) is 16.5. The highest BCUT2D eigenvalue weighted by atomic mass is 35.5. The maximum atomic E-state index is 12.5. The Morgan fingerprint density at radius 1 is 0.792 bits per heavy atom. The number of ether oxygens (including phenoxy) is 3. The molecular formula is C41H46ClN3O6S2. The fourth-order valence-corrected chi connectivity index (χ4v) is 7.48. The van der Waals surface area contributed by atoms with E-state index in [2.05, 4.69) is 4.98 Å². The van der Waals surface area contributed by atoms with Crippen LogP contribution in [0.15, 0.2) is 113 Å². The Balaban J connectivity index is 0.000000237. The first-order chi connectivity index (χ1) is 25.6. The van der Waals surface area contributed by atoms with E-state index in [0.717, 1.165) is 50.7 Å². The van der Waals surface area contributed by atoms with Crippen molar-refractivity contribution in [1.29, 1.82) is 0 Å². The molecule has 5 aromatic rings. The van der Waals surface area contributed by atoms with Gasteiger partial charge in [-0.3, -0.25) is 18.7 Å². The van der Waals surface area contributed by atoms with E-state index < -0.39 is 10.8 Å². The molecule has 9 nitrogen and oxygen atoms in total. The Hall–Kier alpha value is -4.58. The minimum atomic E-state index is -1.13. The predicted octanol–water partition coefficient (Wildman–Crippen LogP) is 8.68. The molecule has 1 heterocycles. The van der Waals surface area contributed by atoms with Crippen molar-refractivity contribution in [1.82, 2.24) is 9.88 Å². The molecule has 5 rings (SSSR count). The number of anilines is 1. The predicted molar refractivity (Wildman–Crippen MR) is 216 cm³/mol. The van der Waals surface area contributed by atoms with Gasteiger partial charge in [-0.15, -0.1) is 11.8 Å². The number of thioether (sulfide) groups is 1. The second kappa shape index (κ2) is 21.2.